The van der Waals surface area contributed by atoms with Gasteiger partial charge in [-0.2, -0.15) is 0 Å². The van der Waals surface area contributed by atoms with Gasteiger partial charge >= 0.3 is 37.7 Å². The van der Waals surface area contributed by atoms with Crippen molar-refractivity contribution in [1.82, 2.24) is 0 Å². The van der Waals surface area contributed by atoms with Crippen molar-refractivity contribution in [3.63, 3.8) is 0 Å². The maximum absolute atomic E-state index is 0. The summed E-state index contributed by atoms with van der Waals surface area (Å²) in [7, 11) is 0. The zero-order valence-corrected chi connectivity index (χ0v) is 5.47. The fourth-order valence-electron chi connectivity index (χ4n) is 0. The van der Waals surface area contributed by atoms with E-state index in [1.54, 1.807) is 0 Å². The van der Waals surface area contributed by atoms with E-state index in [9.17, 15) is 0 Å². The summed E-state index contributed by atoms with van der Waals surface area (Å²) >= 11 is 0. The molecule has 28 valence electrons. The molecule has 0 bridgehead atoms. The van der Waals surface area contributed by atoms with Crippen molar-refractivity contribution < 1.29 is 0 Å². The Balaban J connectivity index is 0. The maximum atomic E-state index is 0. The molecule has 0 saturated heterocycles. The van der Waals surface area contributed by atoms with E-state index in [0.29, 0.717) is 0 Å². The third-order valence-corrected chi connectivity index (χ3v) is 0. The average molecular weight is 240 g/mol. The van der Waals surface area contributed by atoms with Crippen LogP contribution in [-0.4, -0.2) is 37.7 Å². The number of rotatable bonds is 0. The standard InChI is InChI=1S/2BrH.Ca.ClH.2H/h2*1H;;1H;;. The molecular weight excluding hydrogens is 235 g/mol. The first-order valence-electron chi connectivity index (χ1n) is 0. The van der Waals surface area contributed by atoms with Gasteiger partial charge in [0.15, 0.2) is 0 Å². The van der Waals surface area contributed by atoms with Crippen molar-refractivity contribution in [3.05, 3.63) is 0 Å². The molecule has 0 unspecified atom stereocenters. The van der Waals surface area contributed by atoms with Crippen molar-refractivity contribution in [3.8, 4) is 0 Å². The first kappa shape index (κ1) is 31.4. The van der Waals surface area contributed by atoms with E-state index in [1.165, 1.54) is 0 Å². The Morgan fingerprint density at radius 1 is 0.750 bits per heavy atom. The first-order chi connectivity index (χ1) is 0. The second kappa shape index (κ2) is 17.8. The molecule has 4 heavy (non-hydrogen) atoms. The molecule has 0 rings (SSSR count). The number of hydrogen-bond donors (Lipinski definition) is 0. The van der Waals surface area contributed by atoms with Crippen LogP contribution in [0, 0.1) is 0 Å². The van der Waals surface area contributed by atoms with E-state index in [2.05, 4.69) is 0 Å². The fraction of sp³-hybridized carbons (Fsp3) is 0. The Bertz CT molecular complexity index is 6.00. The number of hydrogen-bond acceptors (Lipinski definition) is 0. The van der Waals surface area contributed by atoms with Gasteiger partial charge in [-0.15, -0.1) is 46.4 Å². The van der Waals surface area contributed by atoms with Crippen molar-refractivity contribution in [2.24, 2.45) is 0 Å². The van der Waals surface area contributed by atoms with Crippen LogP contribution in [0.2, 0.25) is 0 Å². The van der Waals surface area contributed by atoms with Crippen molar-refractivity contribution in [1.29, 1.82) is 0 Å². The Kier molecular flexibility index (Phi) is 140. The zero-order valence-electron chi connectivity index (χ0n) is 1.22. The molecule has 0 saturated carbocycles. The van der Waals surface area contributed by atoms with E-state index >= 15 is 0 Å². The van der Waals surface area contributed by atoms with Gasteiger partial charge in [-0.25, -0.2) is 0 Å². The van der Waals surface area contributed by atoms with Crippen LogP contribution >= 0.6 is 46.4 Å². The molecule has 0 aromatic carbocycles. The van der Waals surface area contributed by atoms with Crippen LogP contribution in [-0.2, 0) is 0 Å². The van der Waals surface area contributed by atoms with Gasteiger partial charge in [0, 0.05) is 0 Å². The molecule has 0 nitrogen and oxygen atoms in total. The monoisotopic (exact) mass is 238 g/mol. The first-order valence-corrected chi connectivity index (χ1v) is 0. The molecule has 0 heterocycles. The van der Waals surface area contributed by atoms with Crippen molar-refractivity contribution >= 4 is 84.1 Å². The summed E-state index contributed by atoms with van der Waals surface area (Å²) in [5, 5.41) is 0. The van der Waals surface area contributed by atoms with Gasteiger partial charge in [0.1, 0.15) is 0 Å². The summed E-state index contributed by atoms with van der Waals surface area (Å²) in [6.07, 6.45) is 0. The summed E-state index contributed by atoms with van der Waals surface area (Å²) in [5.41, 5.74) is 0. The Labute approximate surface area is 82.7 Å². The van der Waals surface area contributed by atoms with Crippen molar-refractivity contribution in [2.45, 2.75) is 0 Å². The summed E-state index contributed by atoms with van der Waals surface area (Å²) in [5.74, 6) is 0. The summed E-state index contributed by atoms with van der Waals surface area (Å²) < 4.78 is 0. The van der Waals surface area contributed by atoms with Gasteiger partial charge < -0.3 is 0 Å². The Hall–Kier alpha value is 2.51. The molecule has 0 aliphatic rings. The van der Waals surface area contributed by atoms with Gasteiger partial charge in [-0.1, -0.05) is 0 Å². The number of halogens is 3. The quantitative estimate of drug-likeness (QED) is 0.546. The average Bonchev–Trinajstić information content (AvgIpc) is 0. The summed E-state index contributed by atoms with van der Waals surface area (Å²) in [6.45, 7) is 0. The minimum atomic E-state index is 0. The molecule has 0 radical (unpaired) electrons. The fourth-order valence-corrected chi connectivity index (χ4v) is 0. The Morgan fingerprint density at radius 2 is 0.750 bits per heavy atom. The topological polar surface area (TPSA) is 0 Å². The van der Waals surface area contributed by atoms with E-state index in [0.717, 1.165) is 0 Å². The SMILES string of the molecule is Br.Br.Cl.[CaH2]. The molecular formula is H5Br2CaCl. The van der Waals surface area contributed by atoms with Crippen LogP contribution in [0.25, 0.3) is 0 Å². The molecule has 0 N–H and O–H groups in total. The summed E-state index contributed by atoms with van der Waals surface area (Å²) in [6, 6.07) is 0. The molecule has 0 atom stereocenters. The van der Waals surface area contributed by atoms with Crippen LogP contribution < -0.4 is 0 Å². The van der Waals surface area contributed by atoms with Crippen LogP contribution in [0.4, 0.5) is 0 Å². The second-order valence-corrected chi connectivity index (χ2v) is 0. The molecule has 0 fully saturated rings. The molecule has 0 aliphatic heterocycles. The zero-order chi connectivity index (χ0) is 0. The van der Waals surface area contributed by atoms with Crippen molar-refractivity contribution in [2.75, 3.05) is 0 Å². The summed E-state index contributed by atoms with van der Waals surface area (Å²) in [4.78, 5) is 0. The normalized spacial score (nSPS) is 0. The van der Waals surface area contributed by atoms with Gasteiger partial charge in [-0.3, -0.25) is 0 Å². The van der Waals surface area contributed by atoms with Gasteiger partial charge in [0.05, 0.1) is 0 Å². The van der Waals surface area contributed by atoms with Crippen LogP contribution in [0.15, 0.2) is 0 Å². The van der Waals surface area contributed by atoms with E-state index in [4.69, 9.17) is 0 Å². The molecule has 0 aromatic heterocycles. The van der Waals surface area contributed by atoms with Gasteiger partial charge in [0.2, 0.25) is 0 Å². The molecule has 4 heteroatoms. The third-order valence-electron chi connectivity index (χ3n) is 0. The van der Waals surface area contributed by atoms with Gasteiger partial charge in [-0.05, 0) is 0 Å². The second-order valence-electron chi connectivity index (χ2n) is 0. The van der Waals surface area contributed by atoms with E-state index in [1.807, 2.05) is 0 Å². The predicted octanol–water partition coefficient (Wildman–Crippen LogP) is 0.661. The third kappa shape index (κ3) is 8.82. The molecule has 0 aromatic rings. The van der Waals surface area contributed by atoms with Crippen LogP contribution in [0.5, 0.6) is 0 Å². The molecule has 0 aliphatic carbocycles. The van der Waals surface area contributed by atoms with Gasteiger partial charge in [0.25, 0.3) is 0 Å². The minimum absolute atomic E-state index is 0. The van der Waals surface area contributed by atoms with E-state index < -0.39 is 0 Å². The van der Waals surface area contributed by atoms with Crippen LogP contribution in [0.1, 0.15) is 0 Å². The Morgan fingerprint density at radius 3 is 0.750 bits per heavy atom. The molecule has 0 spiro atoms. The van der Waals surface area contributed by atoms with E-state index in [-0.39, 0.29) is 84.1 Å². The predicted molar refractivity (Wildman–Crippen MR) is 36.4 cm³/mol. The van der Waals surface area contributed by atoms with Crippen LogP contribution in [0.3, 0.4) is 0 Å². The molecule has 0 amide bonds.